The van der Waals surface area contributed by atoms with Crippen LogP contribution in [0, 0.1) is 0 Å². The van der Waals surface area contributed by atoms with Gasteiger partial charge in [0.05, 0.1) is 41.1 Å². The Morgan fingerprint density at radius 2 is 1.20 bits per heavy atom. The van der Waals surface area contributed by atoms with Gasteiger partial charge < -0.3 is 8.75 Å². The molecule has 11 rings (SSSR count). The van der Waals surface area contributed by atoms with Gasteiger partial charge in [-0.05, 0) is 47.5 Å². The van der Waals surface area contributed by atoms with E-state index in [1.54, 1.807) is 17.6 Å². The number of benzene rings is 7. The lowest BCUT2D eigenvalue weighted by molar-refractivity contribution is 0.616. The van der Waals surface area contributed by atoms with Gasteiger partial charge in [0.2, 0.25) is 0 Å². The fourth-order valence-corrected chi connectivity index (χ4v) is 11.3. The normalized spacial score (nSPS) is 12.1. The van der Waals surface area contributed by atoms with Gasteiger partial charge in [-0.25, -0.2) is 4.98 Å². The third kappa shape index (κ3) is 4.32. The van der Waals surface area contributed by atoms with E-state index in [4.69, 9.17) is 9.40 Å². The number of hydrogen-bond donors (Lipinski definition) is 0. The molecule has 0 unspecified atom stereocenters. The summed E-state index contributed by atoms with van der Waals surface area (Å²) in [5.41, 5.74) is 8.94. The van der Waals surface area contributed by atoms with Crippen LogP contribution in [0.1, 0.15) is 0 Å². The zero-order chi connectivity index (χ0) is 33.5. The van der Waals surface area contributed by atoms with Crippen LogP contribution in [0.3, 0.4) is 0 Å². The zero-order valence-corrected chi connectivity index (χ0v) is 29.0. The van der Waals surface area contributed by atoms with E-state index in [1.165, 1.54) is 47.9 Å². The molecule has 0 N–H and O–H groups in total. The summed E-state index contributed by atoms with van der Waals surface area (Å²) in [5, 5.41) is 9.59. The molecule has 51 heavy (non-hydrogen) atoms. The maximum Gasteiger partial charge on any atom is 0.195 e. The van der Waals surface area contributed by atoms with Gasteiger partial charge in [0.1, 0.15) is 11.1 Å². The molecule has 0 bridgehead atoms. The highest BCUT2D eigenvalue weighted by Crippen LogP contribution is 2.47. The number of nitrogens with zero attached hydrogens (tertiary/aromatic N) is 3. The first kappa shape index (κ1) is 28.8. The number of hydrogen-bond acceptors (Lipinski definition) is 3. The number of thiazole rings is 1. The second-order valence-electron chi connectivity index (χ2n) is 12.8. The van der Waals surface area contributed by atoms with Gasteiger partial charge >= 0.3 is 0 Å². The zero-order valence-electron chi connectivity index (χ0n) is 27.3. The third-order valence-corrected chi connectivity index (χ3v) is 13.4. The fourth-order valence-electron chi connectivity index (χ4n) is 7.82. The number of furan rings is 1. The van der Waals surface area contributed by atoms with E-state index in [0.717, 1.165) is 43.8 Å². The van der Waals surface area contributed by atoms with Gasteiger partial charge in [0, 0.05) is 37.5 Å². The van der Waals surface area contributed by atoms with Gasteiger partial charge in [-0.15, -0.1) is 0 Å². The molecule has 7 aromatic carbocycles. The summed E-state index contributed by atoms with van der Waals surface area (Å²) in [6.07, 6.45) is 1.77. The standard InChI is InChI=1S/C45H28N3OPS/c1-3-12-30(13-4-1)50(31-14-5-2-6-15-31)48-39-20-10-8-17-34(39)37-24-25-42-43(44(37)48)46-45(51-42)47-38-19-9-7-16-33(38)35-23-22-29(28-40(35)47)32-18-11-21-41-36(32)26-27-49-41/h1-28H. The molecule has 0 fully saturated rings. The van der Waals surface area contributed by atoms with E-state index in [0.29, 0.717) is 0 Å². The Morgan fingerprint density at radius 3 is 1.98 bits per heavy atom. The number of fused-ring (bicyclic) bond motifs is 9. The number of aromatic nitrogens is 3. The van der Waals surface area contributed by atoms with E-state index in [9.17, 15) is 0 Å². The van der Waals surface area contributed by atoms with Gasteiger partial charge in [-0.2, -0.15) is 0 Å². The van der Waals surface area contributed by atoms with Gasteiger partial charge in [0.15, 0.2) is 5.13 Å². The SMILES string of the molecule is c1ccc(P(c2ccccc2)n2c3ccccc3c3ccc4sc(-n5c6ccccc6c6ccc(-c7cccc8occc78)cc65)nc4c32)cc1. The Hall–Kier alpha value is -6.00. The summed E-state index contributed by atoms with van der Waals surface area (Å²) in [6.45, 7) is 0. The number of rotatable bonds is 5. The highest BCUT2D eigenvalue weighted by Gasteiger charge is 2.25. The van der Waals surface area contributed by atoms with Crippen molar-refractivity contribution in [3.63, 3.8) is 0 Å². The van der Waals surface area contributed by atoms with E-state index < -0.39 is 8.07 Å². The second kappa shape index (κ2) is 11.3. The first-order valence-electron chi connectivity index (χ1n) is 17.1. The van der Waals surface area contributed by atoms with Crippen molar-refractivity contribution < 1.29 is 4.42 Å². The number of para-hydroxylation sites is 2. The van der Waals surface area contributed by atoms with Crippen LogP contribution in [0.4, 0.5) is 0 Å². The van der Waals surface area contributed by atoms with E-state index >= 15 is 0 Å². The lowest BCUT2D eigenvalue weighted by Gasteiger charge is -2.22. The predicted octanol–water partition coefficient (Wildman–Crippen LogP) is 11.8. The smallest absolute Gasteiger partial charge is 0.195 e. The first-order valence-corrected chi connectivity index (χ1v) is 19.2. The molecular weight excluding hydrogens is 662 g/mol. The molecule has 240 valence electrons. The molecule has 0 spiro atoms. The molecule has 0 aliphatic heterocycles. The van der Waals surface area contributed by atoms with Crippen LogP contribution in [0.15, 0.2) is 174 Å². The lowest BCUT2D eigenvalue weighted by atomic mass is 10.0. The summed E-state index contributed by atoms with van der Waals surface area (Å²) in [5.74, 6) is 0. The fraction of sp³-hybridized carbons (Fsp3) is 0. The van der Waals surface area contributed by atoms with Crippen LogP contribution in [0.25, 0.3) is 81.1 Å². The average Bonchev–Trinajstić information content (AvgIpc) is 3.98. The molecule has 4 heterocycles. The molecule has 4 nitrogen and oxygen atoms in total. The van der Waals surface area contributed by atoms with Crippen LogP contribution in [0.2, 0.25) is 0 Å². The molecule has 4 aromatic heterocycles. The maximum atomic E-state index is 5.77. The topological polar surface area (TPSA) is 35.9 Å². The van der Waals surface area contributed by atoms with Crippen molar-refractivity contribution in [3.05, 3.63) is 170 Å². The minimum atomic E-state index is -0.948. The largest absolute Gasteiger partial charge is 0.464 e. The van der Waals surface area contributed by atoms with Crippen LogP contribution in [-0.2, 0) is 0 Å². The van der Waals surface area contributed by atoms with Crippen molar-refractivity contribution in [3.8, 4) is 16.3 Å². The summed E-state index contributed by atoms with van der Waals surface area (Å²) < 4.78 is 11.9. The predicted molar refractivity (Wildman–Crippen MR) is 217 cm³/mol. The van der Waals surface area contributed by atoms with E-state index in [1.807, 2.05) is 6.07 Å². The second-order valence-corrected chi connectivity index (χ2v) is 15.9. The average molecular weight is 690 g/mol. The molecule has 0 saturated heterocycles. The third-order valence-electron chi connectivity index (χ3n) is 10.0. The van der Waals surface area contributed by atoms with Crippen LogP contribution < -0.4 is 10.6 Å². The van der Waals surface area contributed by atoms with Crippen molar-refractivity contribution in [2.24, 2.45) is 0 Å². The molecule has 11 aromatic rings. The van der Waals surface area contributed by atoms with Gasteiger partial charge in [-0.3, -0.25) is 4.57 Å². The molecule has 6 heteroatoms. The van der Waals surface area contributed by atoms with Crippen molar-refractivity contribution in [1.82, 2.24) is 13.9 Å². The summed E-state index contributed by atoms with van der Waals surface area (Å²) in [6, 6.07) is 59.1. The molecular formula is C45H28N3OPS. The highest BCUT2D eigenvalue weighted by molar-refractivity contribution is 7.72. The Bertz CT molecular complexity index is 3060. The monoisotopic (exact) mass is 689 g/mol. The van der Waals surface area contributed by atoms with Crippen molar-refractivity contribution in [2.75, 3.05) is 0 Å². The molecule has 0 saturated carbocycles. The first-order chi connectivity index (χ1) is 25.3. The molecule has 0 amide bonds. The Labute approximate surface area is 298 Å². The van der Waals surface area contributed by atoms with Crippen molar-refractivity contribution >= 4 is 94.8 Å². The van der Waals surface area contributed by atoms with Gasteiger partial charge in [-0.1, -0.05) is 139 Å². The van der Waals surface area contributed by atoms with E-state index in [2.05, 4.69) is 167 Å². The van der Waals surface area contributed by atoms with Crippen LogP contribution in [0.5, 0.6) is 0 Å². The Kier molecular flexibility index (Phi) is 6.36. The minimum Gasteiger partial charge on any atom is -0.464 e. The Morgan fingerprint density at radius 1 is 0.529 bits per heavy atom. The quantitative estimate of drug-likeness (QED) is 0.169. The van der Waals surface area contributed by atoms with Crippen LogP contribution >= 0.6 is 19.4 Å². The minimum absolute atomic E-state index is 0.893. The summed E-state index contributed by atoms with van der Waals surface area (Å²) in [4.78, 5) is 5.61. The van der Waals surface area contributed by atoms with Crippen LogP contribution in [-0.4, -0.2) is 13.9 Å². The Balaban J connectivity index is 1.21. The lowest BCUT2D eigenvalue weighted by Crippen LogP contribution is -2.16. The summed E-state index contributed by atoms with van der Waals surface area (Å²) >= 11 is 1.76. The van der Waals surface area contributed by atoms with Crippen molar-refractivity contribution in [2.45, 2.75) is 0 Å². The molecule has 0 aliphatic rings. The van der Waals surface area contributed by atoms with Gasteiger partial charge in [0.25, 0.3) is 0 Å². The molecule has 0 aliphatic carbocycles. The van der Waals surface area contributed by atoms with E-state index in [-0.39, 0.29) is 0 Å². The molecule has 0 atom stereocenters. The highest BCUT2D eigenvalue weighted by atomic mass is 32.1. The maximum absolute atomic E-state index is 5.77. The van der Waals surface area contributed by atoms with Crippen molar-refractivity contribution in [1.29, 1.82) is 0 Å². The summed E-state index contributed by atoms with van der Waals surface area (Å²) in [7, 11) is -0.948. The molecule has 0 radical (unpaired) electrons.